The Kier molecular flexibility index (Phi) is 30.7. The van der Waals surface area contributed by atoms with Crippen LogP contribution in [0.1, 0.15) is 148 Å². The molecule has 1 heterocycles. The van der Waals surface area contributed by atoms with Gasteiger partial charge in [0, 0.05) is 48.9 Å². The van der Waals surface area contributed by atoms with Crippen LogP contribution in [0.3, 0.4) is 0 Å². The molecule has 434 valence electrons. The van der Waals surface area contributed by atoms with Crippen molar-refractivity contribution < 1.29 is 48.9 Å². The molecule has 78 heavy (non-hydrogen) atoms. The number of rotatable bonds is 39. The van der Waals surface area contributed by atoms with Crippen LogP contribution in [0.4, 0.5) is 0 Å². The van der Waals surface area contributed by atoms with Crippen LogP contribution in [-0.2, 0) is 46.4 Å². The maximum Gasteiger partial charge on any atom is 0.245 e. The third-order valence-corrected chi connectivity index (χ3v) is 13.6. The highest BCUT2D eigenvalue weighted by Gasteiger charge is 2.35. The van der Waals surface area contributed by atoms with Gasteiger partial charge in [-0.25, -0.2) is 0 Å². The summed E-state index contributed by atoms with van der Waals surface area (Å²) in [5.41, 5.74) is 7.30. The van der Waals surface area contributed by atoms with Crippen LogP contribution in [0.5, 0.6) is 0 Å². The third-order valence-electron chi connectivity index (χ3n) is 13.6. The Morgan fingerprint density at radius 3 is 1.60 bits per heavy atom. The predicted octanol–water partition coefficient (Wildman–Crippen LogP) is 3.13. The number of aromatic amines is 1. The van der Waals surface area contributed by atoms with Gasteiger partial charge in [-0.2, -0.15) is 0 Å². The van der Waals surface area contributed by atoms with Crippen molar-refractivity contribution in [3.63, 3.8) is 0 Å². The van der Waals surface area contributed by atoms with E-state index in [0.29, 0.717) is 36.9 Å². The maximum absolute atomic E-state index is 14.6. The van der Waals surface area contributed by atoms with Crippen molar-refractivity contribution in [1.29, 1.82) is 5.41 Å². The Morgan fingerprint density at radius 2 is 1.05 bits per heavy atom. The van der Waals surface area contributed by atoms with Crippen molar-refractivity contribution in [3.8, 4) is 0 Å². The van der Waals surface area contributed by atoms with Crippen molar-refractivity contribution in [1.82, 2.24) is 47.5 Å². The average molecular weight is 1090 g/mol. The molecule has 0 spiro atoms. The van der Waals surface area contributed by atoms with Gasteiger partial charge in [0.2, 0.25) is 41.4 Å². The molecule has 0 bridgehead atoms. The molecule has 0 fully saturated rings. The number of fused-ring (bicyclic) bond motifs is 1. The second kappa shape index (κ2) is 36.5. The van der Waals surface area contributed by atoms with Crippen molar-refractivity contribution in [2.24, 2.45) is 11.7 Å². The number of aliphatic hydroxyl groups excluding tert-OH is 3. The Hall–Kier alpha value is -6.58. The summed E-state index contributed by atoms with van der Waals surface area (Å²) in [5.74, 6) is -6.13. The van der Waals surface area contributed by atoms with Crippen LogP contribution >= 0.6 is 0 Å². The summed E-state index contributed by atoms with van der Waals surface area (Å²) < 4.78 is 0. The highest BCUT2D eigenvalue weighted by Crippen LogP contribution is 2.20. The number of guanidine groups is 1. The average Bonchev–Trinajstić information content (AvgIpc) is 3.82. The second-order valence-electron chi connectivity index (χ2n) is 20.8. The molecule has 21 nitrogen and oxygen atoms in total. The van der Waals surface area contributed by atoms with Gasteiger partial charge in [0.05, 0.1) is 19.3 Å². The van der Waals surface area contributed by atoms with Crippen LogP contribution in [0.15, 0.2) is 60.8 Å². The smallest absolute Gasteiger partial charge is 0.245 e. The number of nitrogens with two attached hydrogens (primary N) is 1. The van der Waals surface area contributed by atoms with Crippen LogP contribution in [0.2, 0.25) is 0 Å². The van der Waals surface area contributed by atoms with E-state index in [4.69, 9.17) is 11.1 Å². The topological polar surface area (TPSA) is 342 Å². The van der Waals surface area contributed by atoms with E-state index in [-0.39, 0.29) is 25.2 Å². The Bertz CT molecular complexity index is 2310. The van der Waals surface area contributed by atoms with Crippen LogP contribution in [-0.4, -0.2) is 136 Å². The molecular formula is C57H91N11O10. The molecular weight excluding hydrogens is 999 g/mol. The van der Waals surface area contributed by atoms with Gasteiger partial charge in [-0.1, -0.05) is 146 Å². The molecule has 0 aliphatic carbocycles. The van der Waals surface area contributed by atoms with Gasteiger partial charge in [0.1, 0.15) is 36.3 Å². The first-order chi connectivity index (χ1) is 37.4. The number of aromatic nitrogens is 1. The predicted molar refractivity (Wildman–Crippen MR) is 301 cm³/mol. The third kappa shape index (κ3) is 24.4. The maximum atomic E-state index is 14.6. The van der Waals surface area contributed by atoms with Gasteiger partial charge >= 0.3 is 0 Å². The van der Waals surface area contributed by atoms with Gasteiger partial charge in [-0.15, -0.1) is 0 Å². The minimum atomic E-state index is -1.65. The van der Waals surface area contributed by atoms with Crippen molar-refractivity contribution in [3.05, 3.63) is 71.9 Å². The van der Waals surface area contributed by atoms with Crippen molar-refractivity contribution >= 4 is 58.2 Å². The van der Waals surface area contributed by atoms with E-state index in [1.165, 1.54) is 58.3 Å². The van der Waals surface area contributed by atoms with E-state index in [1.807, 2.05) is 18.2 Å². The number of aliphatic hydroxyl groups is 3. The van der Waals surface area contributed by atoms with Gasteiger partial charge in [0.25, 0.3) is 0 Å². The largest absolute Gasteiger partial charge is 0.394 e. The molecule has 0 unspecified atom stereocenters. The van der Waals surface area contributed by atoms with Gasteiger partial charge in [0.15, 0.2) is 5.96 Å². The summed E-state index contributed by atoms with van der Waals surface area (Å²) in [6, 6.07) is 7.13. The molecule has 15 N–H and O–H groups in total. The van der Waals surface area contributed by atoms with E-state index < -0.39 is 109 Å². The number of hydrogen-bond acceptors (Lipinski definition) is 11. The minimum Gasteiger partial charge on any atom is -0.394 e. The van der Waals surface area contributed by atoms with E-state index >= 15 is 0 Å². The highest BCUT2D eigenvalue weighted by atomic mass is 16.3. The van der Waals surface area contributed by atoms with E-state index in [2.05, 4.69) is 54.4 Å². The first-order valence-electron chi connectivity index (χ1n) is 28.1. The Morgan fingerprint density at radius 1 is 0.564 bits per heavy atom. The fourth-order valence-electron chi connectivity index (χ4n) is 9.03. The van der Waals surface area contributed by atoms with Gasteiger partial charge < -0.3 is 68.6 Å². The molecule has 8 atom stereocenters. The lowest BCUT2D eigenvalue weighted by Gasteiger charge is -2.29. The van der Waals surface area contributed by atoms with E-state index in [0.717, 1.165) is 36.6 Å². The molecule has 0 radical (unpaired) electrons. The number of unbranched alkanes of at least 4 members (excludes halogenated alkanes) is 12. The lowest BCUT2D eigenvalue weighted by Crippen LogP contribution is -2.62. The molecule has 2 aromatic carbocycles. The zero-order valence-electron chi connectivity index (χ0n) is 46.6. The zero-order valence-corrected chi connectivity index (χ0v) is 46.6. The van der Waals surface area contributed by atoms with E-state index in [9.17, 15) is 48.9 Å². The van der Waals surface area contributed by atoms with Crippen molar-refractivity contribution in [2.75, 3.05) is 19.8 Å². The van der Waals surface area contributed by atoms with Gasteiger partial charge in [-0.05, 0) is 56.2 Å². The quantitative estimate of drug-likeness (QED) is 0.0223. The summed E-state index contributed by atoms with van der Waals surface area (Å²) in [4.78, 5) is 99.9. The zero-order chi connectivity index (χ0) is 57.4. The second-order valence-corrected chi connectivity index (χ2v) is 20.8. The SMILES string of the molecule is CCCCCCCCCCCCCCCC(=O)N[C@H](C(=O)N[C@H](C(=O)N[C@@H](Cc1ccccc1)C(=O)N[C@@H](Cc1c[nH]c2ccccc12)C(=O)N[C@@H](CO)C(=O)N[C@@H](CO)C(=O)N[C@H](C)CCCNC(=N)N)C(C)C)[C@@H](C)O. The van der Waals surface area contributed by atoms with Crippen LogP contribution in [0.25, 0.3) is 10.9 Å². The number of H-pyrrole nitrogens is 1. The Balaban J connectivity index is 1.75. The summed E-state index contributed by atoms with van der Waals surface area (Å²) in [6.07, 6.45) is 16.3. The molecule has 0 saturated heterocycles. The molecule has 1 aromatic heterocycles. The molecule has 0 saturated carbocycles. The Labute approximate surface area is 460 Å². The normalized spacial score (nSPS) is 14.4. The van der Waals surface area contributed by atoms with Crippen LogP contribution in [0, 0.1) is 11.3 Å². The molecule has 0 aliphatic heterocycles. The summed E-state index contributed by atoms with van der Waals surface area (Å²) in [5, 5.41) is 60.2. The number of para-hydroxylation sites is 1. The molecule has 0 aliphatic rings. The molecule has 3 rings (SSSR count). The lowest BCUT2D eigenvalue weighted by atomic mass is 9.99. The number of carbonyl (C=O) groups is 7. The minimum absolute atomic E-state index is 0.0651. The highest BCUT2D eigenvalue weighted by molar-refractivity contribution is 5.98. The number of benzene rings is 2. The van der Waals surface area contributed by atoms with Crippen molar-refractivity contribution in [2.45, 2.75) is 199 Å². The molecule has 21 heteroatoms. The number of carbonyl (C=O) groups excluding carboxylic acids is 7. The fourth-order valence-corrected chi connectivity index (χ4v) is 9.03. The standard InChI is InChI=1S/C57H91N11O10/c1-6-7-8-9-10-11-12-13-14-15-16-17-21-30-48(72)67-50(39(5)71)56(78)68-49(37(2)3)55(77)64-44(32-40-26-19-18-20-27-40)51(73)63-45(33-41-34-61-43-29-23-22-28-42(41)43)52(74)65-47(36-70)54(76)66-46(35-69)53(75)62-38(4)25-24-31-60-57(58)59/h18-20,22-23,26-29,34,37-39,44-47,49-50,61,69-71H,6-17,21,24-25,30-33,35-36H2,1-5H3,(H,62,75)(H,63,73)(H,64,77)(H,65,74)(H,66,76)(H,67,72)(H,68,78)(H4,58,59,60)/t38-,39-,44+,45+,46+,47+,49+,50+/m1/s1. The summed E-state index contributed by atoms with van der Waals surface area (Å²) in [7, 11) is 0. The van der Waals surface area contributed by atoms with E-state index in [1.54, 1.807) is 63.4 Å². The first-order valence-corrected chi connectivity index (χ1v) is 28.1. The summed E-state index contributed by atoms with van der Waals surface area (Å²) >= 11 is 0. The number of hydrogen-bond donors (Lipinski definition) is 14. The summed E-state index contributed by atoms with van der Waals surface area (Å²) in [6.45, 7) is 7.33. The lowest BCUT2D eigenvalue weighted by molar-refractivity contribution is -0.137. The monoisotopic (exact) mass is 1090 g/mol. The number of amides is 7. The number of nitrogens with one attached hydrogen (secondary N) is 10. The van der Waals surface area contributed by atoms with Gasteiger partial charge in [-0.3, -0.25) is 39.0 Å². The molecule has 7 amide bonds. The van der Waals surface area contributed by atoms with Crippen LogP contribution < -0.4 is 48.3 Å². The molecule has 3 aromatic rings. The fraction of sp³-hybridized carbons (Fsp3) is 0.614. The first kappa shape index (κ1) is 65.7.